The van der Waals surface area contributed by atoms with Crippen molar-refractivity contribution >= 4 is 40.5 Å². The first kappa shape index (κ1) is 16.8. The summed E-state index contributed by atoms with van der Waals surface area (Å²) < 4.78 is 0. The van der Waals surface area contributed by atoms with Crippen LogP contribution in [0.5, 0.6) is 0 Å². The molecule has 1 aliphatic carbocycles. The predicted octanol–water partition coefficient (Wildman–Crippen LogP) is 3.61. The summed E-state index contributed by atoms with van der Waals surface area (Å²) in [6.45, 7) is 0.655. The zero-order chi connectivity index (χ0) is 16.3. The van der Waals surface area contributed by atoms with E-state index in [4.69, 9.17) is 28.9 Å². The summed E-state index contributed by atoms with van der Waals surface area (Å²) in [4.78, 5) is 21.3. The van der Waals surface area contributed by atoms with Gasteiger partial charge in [0.25, 0.3) is 5.69 Å². The molecule has 0 radical (unpaired) electrons. The van der Waals surface area contributed by atoms with Crippen LogP contribution in [0.2, 0.25) is 10.0 Å². The van der Waals surface area contributed by atoms with Crippen LogP contribution in [0, 0.1) is 22.0 Å². The fourth-order valence-corrected chi connectivity index (χ4v) is 3.34. The molecule has 1 fully saturated rings. The highest BCUT2D eigenvalue weighted by atomic mass is 35.5. The van der Waals surface area contributed by atoms with Gasteiger partial charge in [0.15, 0.2) is 0 Å². The molecule has 22 heavy (non-hydrogen) atoms. The van der Waals surface area contributed by atoms with Crippen LogP contribution >= 0.6 is 23.2 Å². The zero-order valence-corrected chi connectivity index (χ0v) is 13.4. The Morgan fingerprint density at radius 2 is 1.82 bits per heavy atom. The second-order valence-corrected chi connectivity index (χ2v) is 6.36. The van der Waals surface area contributed by atoms with Crippen molar-refractivity contribution in [3.63, 3.8) is 0 Å². The van der Waals surface area contributed by atoms with Crippen LogP contribution < -0.4 is 11.1 Å². The highest BCUT2D eigenvalue weighted by Gasteiger charge is 2.25. The summed E-state index contributed by atoms with van der Waals surface area (Å²) in [5.41, 5.74) is 5.68. The van der Waals surface area contributed by atoms with E-state index in [1.165, 1.54) is 12.1 Å². The van der Waals surface area contributed by atoms with Crippen molar-refractivity contribution in [2.24, 2.45) is 17.6 Å². The fraction of sp³-hybridized carbons (Fsp3) is 0.500. The van der Waals surface area contributed by atoms with Crippen molar-refractivity contribution in [2.45, 2.75) is 25.7 Å². The van der Waals surface area contributed by atoms with Gasteiger partial charge in [-0.05, 0) is 31.6 Å². The number of rotatable bonds is 5. The van der Waals surface area contributed by atoms with Gasteiger partial charge in [-0.2, -0.15) is 0 Å². The number of nitrogens with zero attached hydrogens (tertiary/aromatic N) is 1. The maximum absolute atomic E-state index is 11.1. The number of halogens is 2. The Labute approximate surface area is 138 Å². The molecule has 0 aliphatic heterocycles. The van der Waals surface area contributed by atoms with E-state index >= 15 is 0 Å². The first-order chi connectivity index (χ1) is 10.4. The van der Waals surface area contributed by atoms with Crippen molar-refractivity contribution in [3.05, 3.63) is 32.3 Å². The number of carbonyl (C=O) groups is 1. The molecular weight excluding hydrogens is 329 g/mol. The smallest absolute Gasteiger partial charge is 0.272 e. The number of nitro groups is 1. The summed E-state index contributed by atoms with van der Waals surface area (Å²) in [6.07, 6.45) is 3.40. The van der Waals surface area contributed by atoms with Crippen molar-refractivity contribution < 1.29 is 9.72 Å². The van der Waals surface area contributed by atoms with Gasteiger partial charge >= 0.3 is 0 Å². The summed E-state index contributed by atoms with van der Waals surface area (Å²) in [5.74, 6) is 0.147. The Kier molecular flexibility index (Phi) is 5.47. The van der Waals surface area contributed by atoms with E-state index in [9.17, 15) is 14.9 Å². The standard InChI is InChI=1S/C14H17Cl2N3O3/c15-11-5-10(19(21)22)6-12(16)13(11)18-7-8-1-3-9(4-2-8)14(17)20/h5-6,8-9,18H,1-4,7H2,(H2,17,20). The first-order valence-electron chi connectivity index (χ1n) is 7.05. The van der Waals surface area contributed by atoms with Crippen LogP contribution in [0.1, 0.15) is 25.7 Å². The number of non-ortho nitro benzene ring substituents is 1. The largest absolute Gasteiger partial charge is 0.382 e. The lowest BCUT2D eigenvalue weighted by atomic mass is 9.81. The molecule has 8 heteroatoms. The summed E-state index contributed by atoms with van der Waals surface area (Å²) in [5, 5.41) is 14.3. The van der Waals surface area contributed by atoms with Gasteiger partial charge in [0, 0.05) is 24.6 Å². The Bertz CT molecular complexity index is 564. The van der Waals surface area contributed by atoms with Crippen molar-refractivity contribution in [1.82, 2.24) is 0 Å². The molecule has 0 saturated heterocycles. The number of primary amides is 1. The number of nitro benzene ring substituents is 1. The van der Waals surface area contributed by atoms with Crippen molar-refractivity contribution in [2.75, 3.05) is 11.9 Å². The Morgan fingerprint density at radius 1 is 1.27 bits per heavy atom. The normalized spacial score (nSPS) is 21.4. The third-order valence-corrected chi connectivity index (χ3v) is 4.65. The van der Waals surface area contributed by atoms with Crippen LogP contribution in [-0.2, 0) is 4.79 Å². The zero-order valence-electron chi connectivity index (χ0n) is 11.9. The van der Waals surface area contributed by atoms with Crippen LogP contribution in [0.3, 0.4) is 0 Å². The molecular formula is C14H17Cl2N3O3. The summed E-state index contributed by atoms with van der Waals surface area (Å²) in [6, 6.07) is 2.56. The summed E-state index contributed by atoms with van der Waals surface area (Å²) in [7, 11) is 0. The van der Waals surface area contributed by atoms with E-state index in [0.29, 0.717) is 18.2 Å². The van der Waals surface area contributed by atoms with E-state index in [0.717, 1.165) is 25.7 Å². The molecule has 0 unspecified atom stereocenters. The quantitative estimate of drug-likeness (QED) is 0.628. The Morgan fingerprint density at radius 3 is 2.27 bits per heavy atom. The first-order valence-corrected chi connectivity index (χ1v) is 7.80. The van der Waals surface area contributed by atoms with E-state index in [-0.39, 0.29) is 27.6 Å². The molecule has 0 heterocycles. The molecule has 1 aliphatic rings. The van der Waals surface area contributed by atoms with E-state index in [1.807, 2.05) is 0 Å². The second-order valence-electron chi connectivity index (χ2n) is 5.54. The third kappa shape index (κ3) is 4.01. The van der Waals surface area contributed by atoms with Crippen LogP contribution in [0.25, 0.3) is 0 Å². The molecule has 0 aromatic heterocycles. The lowest BCUT2D eigenvalue weighted by molar-refractivity contribution is -0.384. The van der Waals surface area contributed by atoms with E-state index in [2.05, 4.69) is 5.32 Å². The molecule has 120 valence electrons. The van der Waals surface area contributed by atoms with Gasteiger partial charge in [0.2, 0.25) is 5.91 Å². The fourth-order valence-electron chi connectivity index (χ4n) is 2.73. The lowest BCUT2D eigenvalue weighted by Gasteiger charge is -2.27. The molecule has 0 spiro atoms. The summed E-state index contributed by atoms with van der Waals surface area (Å²) >= 11 is 12.1. The van der Waals surface area contributed by atoms with Gasteiger partial charge in [-0.1, -0.05) is 23.2 Å². The van der Waals surface area contributed by atoms with E-state index < -0.39 is 4.92 Å². The number of carbonyl (C=O) groups excluding carboxylic acids is 1. The minimum absolute atomic E-state index is 0.0252. The monoisotopic (exact) mass is 345 g/mol. The molecule has 3 N–H and O–H groups in total. The van der Waals surface area contributed by atoms with Gasteiger partial charge in [-0.3, -0.25) is 14.9 Å². The third-order valence-electron chi connectivity index (χ3n) is 4.05. The number of amides is 1. The average Bonchev–Trinajstić information content (AvgIpc) is 2.46. The lowest BCUT2D eigenvalue weighted by Crippen LogP contribution is -2.29. The molecule has 0 bridgehead atoms. The number of nitrogens with two attached hydrogens (primary N) is 1. The number of hydrogen-bond donors (Lipinski definition) is 2. The van der Waals surface area contributed by atoms with E-state index in [1.54, 1.807) is 0 Å². The molecule has 0 atom stereocenters. The number of nitrogens with one attached hydrogen (secondary N) is 1. The SMILES string of the molecule is NC(=O)C1CCC(CNc2c(Cl)cc([N+](=O)[O-])cc2Cl)CC1. The molecule has 6 nitrogen and oxygen atoms in total. The van der Waals surface area contributed by atoms with Gasteiger partial charge in [-0.25, -0.2) is 0 Å². The van der Waals surface area contributed by atoms with Gasteiger partial charge in [0.1, 0.15) is 0 Å². The minimum atomic E-state index is -0.535. The second kappa shape index (κ2) is 7.15. The number of hydrogen-bond acceptors (Lipinski definition) is 4. The molecule has 1 amide bonds. The van der Waals surface area contributed by atoms with Crippen molar-refractivity contribution in [1.29, 1.82) is 0 Å². The van der Waals surface area contributed by atoms with Gasteiger partial charge in [0.05, 0.1) is 20.7 Å². The highest BCUT2D eigenvalue weighted by molar-refractivity contribution is 6.39. The van der Waals surface area contributed by atoms with Crippen LogP contribution in [0.15, 0.2) is 12.1 Å². The Balaban J connectivity index is 1.95. The van der Waals surface area contributed by atoms with Gasteiger partial charge in [-0.15, -0.1) is 0 Å². The number of benzene rings is 1. The maximum atomic E-state index is 11.1. The highest BCUT2D eigenvalue weighted by Crippen LogP contribution is 2.36. The predicted molar refractivity (Wildman–Crippen MR) is 86.2 cm³/mol. The minimum Gasteiger partial charge on any atom is -0.382 e. The molecule has 1 saturated carbocycles. The molecule has 1 aromatic carbocycles. The van der Waals surface area contributed by atoms with Crippen LogP contribution in [-0.4, -0.2) is 17.4 Å². The maximum Gasteiger partial charge on any atom is 0.272 e. The number of anilines is 1. The van der Waals surface area contributed by atoms with Crippen molar-refractivity contribution in [3.8, 4) is 0 Å². The molecule has 2 rings (SSSR count). The topological polar surface area (TPSA) is 98.3 Å². The molecule has 1 aromatic rings. The van der Waals surface area contributed by atoms with Gasteiger partial charge < -0.3 is 11.1 Å². The average molecular weight is 346 g/mol. The van der Waals surface area contributed by atoms with Crippen LogP contribution in [0.4, 0.5) is 11.4 Å². The Hall–Kier alpha value is -1.53.